The van der Waals surface area contributed by atoms with E-state index in [2.05, 4.69) is 4.98 Å². The van der Waals surface area contributed by atoms with E-state index in [0.717, 1.165) is 0 Å². The van der Waals surface area contributed by atoms with E-state index in [9.17, 15) is 9.18 Å². The number of anilines is 1. The molecule has 1 amide bonds. The quantitative estimate of drug-likeness (QED) is 0.628. The molecular formula is C22H21FN2O2. The summed E-state index contributed by atoms with van der Waals surface area (Å²) in [4.78, 5) is 18.9. The van der Waals surface area contributed by atoms with E-state index in [0.29, 0.717) is 22.7 Å². The van der Waals surface area contributed by atoms with Gasteiger partial charge in [0.1, 0.15) is 17.4 Å². The average Bonchev–Trinajstić information content (AvgIpc) is 2.68. The third-order valence-corrected chi connectivity index (χ3v) is 3.93. The molecule has 0 aliphatic heterocycles. The summed E-state index contributed by atoms with van der Waals surface area (Å²) in [5.41, 5.74) is 0.907. The van der Waals surface area contributed by atoms with E-state index < -0.39 is 0 Å². The van der Waals surface area contributed by atoms with Crippen molar-refractivity contribution in [1.82, 2.24) is 4.98 Å². The summed E-state index contributed by atoms with van der Waals surface area (Å²) in [6.07, 6.45) is 1.66. The number of nitrogens with zero attached hydrogens (tertiary/aromatic N) is 2. The molecule has 27 heavy (non-hydrogen) atoms. The monoisotopic (exact) mass is 364 g/mol. The summed E-state index contributed by atoms with van der Waals surface area (Å²) in [5, 5.41) is 0. The van der Waals surface area contributed by atoms with Gasteiger partial charge in [-0.3, -0.25) is 9.69 Å². The van der Waals surface area contributed by atoms with Gasteiger partial charge in [0.2, 0.25) is 0 Å². The van der Waals surface area contributed by atoms with Crippen LogP contribution in [0.5, 0.6) is 5.75 Å². The Morgan fingerprint density at radius 1 is 1.04 bits per heavy atom. The average molecular weight is 364 g/mol. The number of aromatic nitrogens is 1. The summed E-state index contributed by atoms with van der Waals surface area (Å²) in [5.74, 6) is 0.549. The van der Waals surface area contributed by atoms with Crippen LogP contribution < -0.4 is 9.64 Å². The molecular weight excluding hydrogens is 343 g/mol. The molecule has 0 saturated heterocycles. The molecule has 5 heteroatoms. The number of halogens is 1. The van der Waals surface area contributed by atoms with Gasteiger partial charge >= 0.3 is 0 Å². The van der Waals surface area contributed by atoms with Crippen molar-refractivity contribution in [3.63, 3.8) is 0 Å². The van der Waals surface area contributed by atoms with E-state index in [4.69, 9.17) is 4.74 Å². The first-order chi connectivity index (χ1) is 13.0. The molecule has 4 nitrogen and oxygen atoms in total. The fourth-order valence-electron chi connectivity index (χ4n) is 2.67. The van der Waals surface area contributed by atoms with Gasteiger partial charge in [0.15, 0.2) is 0 Å². The fourth-order valence-corrected chi connectivity index (χ4v) is 2.67. The van der Waals surface area contributed by atoms with Crippen molar-refractivity contribution in [2.45, 2.75) is 26.5 Å². The molecule has 1 heterocycles. The number of carbonyl (C=O) groups excluding carboxylic acids is 1. The van der Waals surface area contributed by atoms with Crippen LogP contribution in [0.4, 0.5) is 10.2 Å². The molecule has 0 aliphatic rings. The Balaban J connectivity index is 1.90. The lowest BCUT2D eigenvalue weighted by Crippen LogP contribution is -2.31. The van der Waals surface area contributed by atoms with Gasteiger partial charge in [-0.2, -0.15) is 0 Å². The summed E-state index contributed by atoms with van der Waals surface area (Å²) < 4.78 is 19.7. The van der Waals surface area contributed by atoms with E-state index in [1.54, 1.807) is 66.9 Å². The van der Waals surface area contributed by atoms with Crippen molar-refractivity contribution in [3.8, 4) is 5.75 Å². The van der Waals surface area contributed by atoms with Crippen LogP contribution >= 0.6 is 0 Å². The van der Waals surface area contributed by atoms with Crippen molar-refractivity contribution in [2.24, 2.45) is 0 Å². The molecule has 2 aromatic carbocycles. The molecule has 3 rings (SSSR count). The molecule has 0 unspecified atom stereocenters. The maximum Gasteiger partial charge on any atom is 0.259 e. The number of rotatable bonds is 6. The predicted molar refractivity (Wildman–Crippen MR) is 103 cm³/mol. The van der Waals surface area contributed by atoms with Crippen LogP contribution in [0.3, 0.4) is 0 Å². The van der Waals surface area contributed by atoms with Gasteiger partial charge in [0, 0.05) is 17.3 Å². The second-order valence-corrected chi connectivity index (χ2v) is 6.36. The van der Waals surface area contributed by atoms with Crippen molar-refractivity contribution in [3.05, 3.63) is 89.9 Å². The summed E-state index contributed by atoms with van der Waals surface area (Å²) in [6.45, 7) is 3.97. The maximum absolute atomic E-state index is 14.1. The van der Waals surface area contributed by atoms with Gasteiger partial charge in [-0.05, 0) is 56.3 Å². The van der Waals surface area contributed by atoms with Crippen LogP contribution in [-0.2, 0) is 6.54 Å². The van der Waals surface area contributed by atoms with Crippen molar-refractivity contribution >= 4 is 11.7 Å². The lowest BCUT2D eigenvalue weighted by atomic mass is 10.1. The van der Waals surface area contributed by atoms with Crippen LogP contribution in [0.15, 0.2) is 72.9 Å². The molecule has 0 aliphatic carbocycles. The topological polar surface area (TPSA) is 42.4 Å². The van der Waals surface area contributed by atoms with Gasteiger partial charge in [0.05, 0.1) is 12.6 Å². The molecule has 0 spiro atoms. The zero-order valence-electron chi connectivity index (χ0n) is 15.3. The molecule has 0 bridgehead atoms. The van der Waals surface area contributed by atoms with Crippen molar-refractivity contribution in [1.29, 1.82) is 0 Å². The second kappa shape index (κ2) is 8.45. The molecule has 0 radical (unpaired) electrons. The van der Waals surface area contributed by atoms with Gasteiger partial charge < -0.3 is 4.74 Å². The number of hydrogen-bond donors (Lipinski definition) is 0. The standard InChI is InChI=1S/C22H21FN2O2/c1-16(2)27-19-12-10-17(11-13-19)22(26)25(21-9-5-6-14-24-21)15-18-7-3-4-8-20(18)23/h3-14,16H,15H2,1-2H3. The predicted octanol–water partition coefficient (Wildman–Crippen LogP) is 4.85. The number of hydrogen-bond acceptors (Lipinski definition) is 3. The van der Waals surface area contributed by atoms with Crippen LogP contribution in [0.2, 0.25) is 0 Å². The zero-order chi connectivity index (χ0) is 19.2. The highest BCUT2D eigenvalue weighted by Gasteiger charge is 2.20. The Kier molecular flexibility index (Phi) is 5.81. The van der Waals surface area contributed by atoms with Crippen LogP contribution in [0, 0.1) is 5.82 Å². The highest BCUT2D eigenvalue weighted by atomic mass is 19.1. The SMILES string of the molecule is CC(C)Oc1ccc(C(=O)N(Cc2ccccc2F)c2ccccn2)cc1. The normalized spacial score (nSPS) is 10.7. The van der Waals surface area contributed by atoms with Gasteiger partial charge in [-0.15, -0.1) is 0 Å². The summed E-state index contributed by atoms with van der Waals surface area (Å²) in [6, 6.07) is 18.6. The lowest BCUT2D eigenvalue weighted by Gasteiger charge is -2.22. The largest absolute Gasteiger partial charge is 0.491 e. The fraction of sp³-hybridized carbons (Fsp3) is 0.182. The molecule has 138 valence electrons. The maximum atomic E-state index is 14.1. The Labute approximate surface area is 158 Å². The highest BCUT2D eigenvalue weighted by Crippen LogP contribution is 2.21. The number of pyridine rings is 1. The Morgan fingerprint density at radius 3 is 2.37 bits per heavy atom. The van der Waals surface area contributed by atoms with E-state index in [-0.39, 0.29) is 24.4 Å². The Hall–Kier alpha value is -3.21. The number of ether oxygens (including phenoxy) is 1. The second-order valence-electron chi connectivity index (χ2n) is 6.36. The minimum Gasteiger partial charge on any atom is -0.491 e. The molecule has 0 atom stereocenters. The highest BCUT2D eigenvalue weighted by molar-refractivity contribution is 6.05. The zero-order valence-corrected chi connectivity index (χ0v) is 15.3. The molecule has 0 saturated carbocycles. The molecule has 0 N–H and O–H groups in total. The summed E-state index contributed by atoms with van der Waals surface area (Å²) in [7, 11) is 0. The smallest absolute Gasteiger partial charge is 0.259 e. The minimum absolute atomic E-state index is 0.0534. The number of carbonyl (C=O) groups is 1. The minimum atomic E-state index is -0.355. The number of amides is 1. The molecule has 1 aromatic heterocycles. The first-order valence-electron chi connectivity index (χ1n) is 8.77. The first kappa shape index (κ1) is 18.6. The van der Waals surface area contributed by atoms with Crippen LogP contribution in [0.25, 0.3) is 0 Å². The van der Waals surface area contributed by atoms with Gasteiger partial charge in [0.25, 0.3) is 5.91 Å². The van der Waals surface area contributed by atoms with Crippen LogP contribution in [0.1, 0.15) is 29.8 Å². The summed E-state index contributed by atoms with van der Waals surface area (Å²) >= 11 is 0. The van der Waals surface area contributed by atoms with E-state index >= 15 is 0 Å². The van der Waals surface area contributed by atoms with Crippen molar-refractivity contribution < 1.29 is 13.9 Å². The molecule has 3 aromatic rings. The Bertz CT molecular complexity index is 896. The Morgan fingerprint density at radius 2 is 1.74 bits per heavy atom. The lowest BCUT2D eigenvalue weighted by molar-refractivity contribution is 0.0984. The van der Waals surface area contributed by atoms with Crippen LogP contribution in [-0.4, -0.2) is 17.0 Å². The van der Waals surface area contributed by atoms with Gasteiger partial charge in [-0.1, -0.05) is 24.3 Å². The van der Waals surface area contributed by atoms with E-state index in [1.807, 2.05) is 13.8 Å². The first-order valence-corrected chi connectivity index (χ1v) is 8.77. The van der Waals surface area contributed by atoms with Crippen molar-refractivity contribution in [2.75, 3.05) is 4.90 Å². The van der Waals surface area contributed by atoms with E-state index in [1.165, 1.54) is 11.0 Å². The third kappa shape index (κ3) is 4.70. The number of benzene rings is 2. The third-order valence-electron chi connectivity index (χ3n) is 3.93. The molecule has 0 fully saturated rings. The van der Waals surface area contributed by atoms with Gasteiger partial charge in [-0.25, -0.2) is 9.37 Å².